The van der Waals surface area contributed by atoms with Crippen molar-refractivity contribution in [2.24, 2.45) is 5.41 Å². The number of thiophene rings is 1. The van der Waals surface area contributed by atoms with Crippen LogP contribution in [0.3, 0.4) is 0 Å². The lowest BCUT2D eigenvalue weighted by atomic mass is 9.89. The van der Waals surface area contributed by atoms with Gasteiger partial charge in [0.1, 0.15) is 0 Å². The Morgan fingerprint density at radius 2 is 2.12 bits per heavy atom. The number of ether oxygens (including phenoxy) is 1. The van der Waals surface area contributed by atoms with E-state index in [4.69, 9.17) is 5.11 Å². The van der Waals surface area contributed by atoms with E-state index in [0.29, 0.717) is 12.0 Å². The Hall–Kier alpha value is -1.36. The molecule has 0 aromatic carbocycles. The molecule has 0 bridgehead atoms. The summed E-state index contributed by atoms with van der Waals surface area (Å²) in [4.78, 5) is 23.0. The molecular weight excluding hydrogens is 228 g/mol. The first-order valence-corrected chi connectivity index (χ1v) is 5.64. The molecule has 0 saturated carbocycles. The first-order valence-electron chi connectivity index (χ1n) is 4.76. The molecule has 0 aliphatic carbocycles. The summed E-state index contributed by atoms with van der Waals surface area (Å²) in [6, 6.07) is 1.68. The maximum atomic E-state index is 11.2. The molecule has 5 heteroatoms. The van der Waals surface area contributed by atoms with Crippen molar-refractivity contribution < 1.29 is 19.4 Å². The fourth-order valence-corrected chi connectivity index (χ4v) is 2.29. The van der Waals surface area contributed by atoms with Crippen LogP contribution in [-0.2, 0) is 16.0 Å². The molecule has 16 heavy (non-hydrogen) atoms. The number of carboxylic acids is 1. The minimum absolute atomic E-state index is 0.393. The van der Waals surface area contributed by atoms with Crippen LogP contribution in [0.5, 0.6) is 0 Å². The van der Waals surface area contributed by atoms with E-state index in [2.05, 4.69) is 4.74 Å². The molecule has 0 radical (unpaired) electrons. The molecule has 4 nitrogen and oxygen atoms in total. The molecule has 1 rings (SSSR count). The molecule has 0 fully saturated rings. The zero-order valence-electron chi connectivity index (χ0n) is 9.44. The normalized spacial score (nSPS) is 11.2. The lowest BCUT2D eigenvalue weighted by Crippen LogP contribution is -2.25. The van der Waals surface area contributed by atoms with E-state index in [1.54, 1.807) is 25.3 Å². The Morgan fingerprint density at radius 3 is 2.62 bits per heavy atom. The summed E-state index contributed by atoms with van der Waals surface area (Å²) in [7, 11) is 1.32. The SMILES string of the molecule is COC(=O)c1csc(CC(C)(C)C(=O)O)c1. The van der Waals surface area contributed by atoms with Crippen LogP contribution in [-0.4, -0.2) is 24.2 Å². The van der Waals surface area contributed by atoms with Crippen molar-refractivity contribution in [3.63, 3.8) is 0 Å². The molecule has 0 aliphatic rings. The largest absolute Gasteiger partial charge is 0.481 e. The van der Waals surface area contributed by atoms with Gasteiger partial charge < -0.3 is 9.84 Å². The molecule has 1 aromatic heterocycles. The van der Waals surface area contributed by atoms with E-state index >= 15 is 0 Å². The van der Waals surface area contributed by atoms with E-state index in [1.807, 2.05) is 0 Å². The zero-order valence-corrected chi connectivity index (χ0v) is 10.3. The minimum Gasteiger partial charge on any atom is -0.481 e. The van der Waals surface area contributed by atoms with Gasteiger partial charge in [-0.15, -0.1) is 11.3 Å². The van der Waals surface area contributed by atoms with Crippen molar-refractivity contribution in [2.75, 3.05) is 7.11 Å². The van der Waals surface area contributed by atoms with Gasteiger partial charge in [0, 0.05) is 10.3 Å². The summed E-state index contributed by atoms with van der Waals surface area (Å²) >= 11 is 1.37. The second-order valence-corrected chi connectivity index (χ2v) is 5.15. The van der Waals surface area contributed by atoms with Gasteiger partial charge in [0.15, 0.2) is 0 Å². The van der Waals surface area contributed by atoms with Gasteiger partial charge in [0.05, 0.1) is 18.1 Å². The standard InChI is InChI=1S/C11H14O4S/c1-11(2,10(13)14)5-8-4-7(6-16-8)9(12)15-3/h4,6H,5H2,1-3H3,(H,13,14). The molecule has 0 spiro atoms. The zero-order chi connectivity index (χ0) is 12.3. The number of methoxy groups -OCH3 is 1. The summed E-state index contributed by atoms with van der Waals surface area (Å²) in [5, 5.41) is 10.7. The average molecular weight is 242 g/mol. The Balaban J connectivity index is 2.80. The molecule has 0 atom stereocenters. The highest BCUT2D eigenvalue weighted by atomic mass is 32.1. The Bertz CT molecular complexity index is 406. The smallest absolute Gasteiger partial charge is 0.338 e. The Labute approximate surface area is 97.9 Å². The maximum absolute atomic E-state index is 11.2. The Morgan fingerprint density at radius 1 is 1.50 bits per heavy atom. The predicted molar refractivity (Wildman–Crippen MR) is 60.8 cm³/mol. The fourth-order valence-electron chi connectivity index (χ4n) is 1.21. The second-order valence-electron chi connectivity index (χ2n) is 4.16. The first-order chi connectivity index (χ1) is 7.36. The molecule has 0 aliphatic heterocycles. The van der Waals surface area contributed by atoms with Crippen LogP contribution in [0, 0.1) is 5.41 Å². The molecule has 1 N–H and O–H groups in total. The number of hydrogen-bond donors (Lipinski definition) is 1. The van der Waals surface area contributed by atoms with Crippen molar-refractivity contribution in [1.82, 2.24) is 0 Å². The van der Waals surface area contributed by atoms with Crippen molar-refractivity contribution in [3.05, 3.63) is 21.9 Å². The van der Waals surface area contributed by atoms with Crippen LogP contribution in [0.15, 0.2) is 11.4 Å². The third-order valence-corrected chi connectivity index (χ3v) is 3.21. The highest BCUT2D eigenvalue weighted by Crippen LogP contribution is 2.26. The highest BCUT2D eigenvalue weighted by molar-refractivity contribution is 7.10. The molecule has 1 aromatic rings. The number of carbonyl (C=O) groups excluding carboxylic acids is 1. The molecule has 0 saturated heterocycles. The monoisotopic (exact) mass is 242 g/mol. The van der Waals surface area contributed by atoms with E-state index in [0.717, 1.165) is 4.88 Å². The maximum Gasteiger partial charge on any atom is 0.338 e. The average Bonchev–Trinajstić information content (AvgIpc) is 2.64. The molecule has 1 heterocycles. The van der Waals surface area contributed by atoms with E-state index in [9.17, 15) is 9.59 Å². The van der Waals surface area contributed by atoms with Crippen molar-refractivity contribution in [1.29, 1.82) is 0 Å². The van der Waals surface area contributed by atoms with Crippen molar-refractivity contribution >= 4 is 23.3 Å². The summed E-state index contributed by atoms with van der Waals surface area (Å²) in [5.74, 6) is -1.24. The van der Waals surface area contributed by atoms with Crippen molar-refractivity contribution in [3.8, 4) is 0 Å². The van der Waals surface area contributed by atoms with Gasteiger partial charge in [0.25, 0.3) is 0 Å². The summed E-state index contributed by atoms with van der Waals surface area (Å²) < 4.78 is 4.58. The molecular formula is C11H14O4S. The quantitative estimate of drug-likeness (QED) is 0.822. The summed E-state index contributed by atoms with van der Waals surface area (Å²) in [6.45, 7) is 3.32. The van der Waals surface area contributed by atoms with Crippen LogP contribution in [0.1, 0.15) is 29.1 Å². The van der Waals surface area contributed by atoms with Gasteiger partial charge in [-0.25, -0.2) is 4.79 Å². The van der Waals surface area contributed by atoms with Crippen LogP contribution in [0.2, 0.25) is 0 Å². The third kappa shape index (κ3) is 2.82. The third-order valence-electron chi connectivity index (χ3n) is 2.27. The van der Waals surface area contributed by atoms with Gasteiger partial charge >= 0.3 is 11.9 Å². The van der Waals surface area contributed by atoms with E-state index < -0.39 is 17.4 Å². The lowest BCUT2D eigenvalue weighted by Gasteiger charge is -2.17. The summed E-state index contributed by atoms with van der Waals surface area (Å²) in [6.07, 6.45) is 0.407. The number of carboxylic acid groups (broad SMARTS) is 1. The van der Waals surface area contributed by atoms with Crippen LogP contribution >= 0.6 is 11.3 Å². The van der Waals surface area contributed by atoms with Gasteiger partial charge in [-0.1, -0.05) is 0 Å². The lowest BCUT2D eigenvalue weighted by molar-refractivity contribution is -0.146. The topological polar surface area (TPSA) is 63.6 Å². The van der Waals surface area contributed by atoms with Gasteiger partial charge in [-0.2, -0.15) is 0 Å². The number of carbonyl (C=O) groups is 2. The van der Waals surface area contributed by atoms with Crippen molar-refractivity contribution in [2.45, 2.75) is 20.3 Å². The molecule has 0 amide bonds. The molecule has 88 valence electrons. The number of rotatable bonds is 4. The molecule has 0 unspecified atom stereocenters. The predicted octanol–water partition coefficient (Wildman–Crippen LogP) is 2.19. The number of hydrogen-bond acceptors (Lipinski definition) is 4. The van der Waals surface area contributed by atoms with Crippen LogP contribution < -0.4 is 0 Å². The number of aliphatic carboxylic acids is 1. The first kappa shape index (κ1) is 12.7. The fraction of sp³-hybridized carbons (Fsp3) is 0.455. The van der Waals surface area contributed by atoms with E-state index in [1.165, 1.54) is 18.4 Å². The number of esters is 1. The van der Waals surface area contributed by atoms with Gasteiger partial charge in [0.2, 0.25) is 0 Å². The van der Waals surface area contributed by atoms with E-state index in [-0.39, 0.29) is 0 Å². The Kier molecular flexibility index (Phi) is 3.70. The van der Waals surface area contributed by atoms with Crippen LogP contribution in [0.4, 0.5) is 0 Å². The van der Waals surface area contributed by atoms with Gasteiger partial charge in [-0.05, 0) is 26.3 Å². The highest BCUT2D eigenvalue weighted by Gasteiger charge is 2.28. The minimum atomic E-state index is -0.847. The summed E-state index contributed by atoms with van der Waals surface area (Å²) in [5.41, 5.74) is -0.346. The van der Waals surface area contributed by atoms with Gasteiger partial charge in [-0.3, -0.25) is 4.79 Å². The van der Waals surface area contributed by atoms with Crippen LogP contribution in [0.25, 0.3) is 0 Å². The second kappa shape index (κ2) is 4.65.